The Kier molecular flexibility index (Phi) is 4.23. The molecule has 0 heterocycles. The molecule has 2 atom stereocenters. The molecule has 0 saturated heterocycles. The van der Waals surface area contributed by atoms with Crippen molar-refractivity contribution in [3.63, 3.8) is 0 Å². The molecule has 0 saturated carbocycles. The maximum atomic E-state index is 10.9. The van der Waals surface area contributed by atoms with Gasteiger partial charge in [-0.05, 0) is 5.56 Å². The van der Waals surface area contributed by atoms with E-state index in [-0.39, 0.29) is 0 Å². The van der Waals surface area contributed by atoms with Gasteiger partial charge < -0.3 is 14.9 Å². The van der Waals surface area contributed by atoms with Gasteiger partial charge in [-0.3, -0.25) is 10.1 Å². The first-order chi connectivity index (χ1) is 7.15. The zero-order valence-electron chi connectivity index (χ0n) is 8.25. The predicted molar refractivity (Wildman–Crippen MR) is 53.0 cm³/mol. The minimum absolute atomic E-state index is 0.557. The van der Waals surface area contributed by atoms with Crippen molar-refractivity contribution in [3.8, 4) is 0 Å². The average molecular weight is 211 g/mol. The summed E-state index contributed by atoms with van der Waals surface area (Å²) in [5.74, 6) is -1.07. The average Bonchev–Trinajstić information content (AvgIpc) is 2.26. The van der Waals surface area contributed by atoms with Gasteiger partial charge in [-0.15, -0.1) is 0 Å². The fourth-order valence-electron chi connectivity index (χ4n) is 1.17. The van der Waals surface area contributed by atoms with E-state index in [9.17, 15) is 4.79 Å². The van der Waals surface area contributed by atoms with Crippen LogP contribution in [0.1, 0.15) is 11.6 Å². The number of aliphatic hydroxyl groups is 1. The highest BCUT2D eigenvalue weighted by molar-refractivity contribution is 5.75. The summed E-state index contributed by atoms with van der Waals surface area (Å²) >= 11 is 0. The molecule has 3 N–H and O–H groups in total. The van der Waals surface area contributed by atoms with E-state index >= 15 is 0 Å². The van der Waals surface area contributed by atoms with Gasteiger partial charge in [-0.1, -0.05) is 30.3 Å². The largest absolute Gasteiger partial charge is 0.480 e. The molecule has 5 nitrogen and oxygen atoms in total. The van der Waals surface area contributed by atoms with Crippen molar-refractivity contribution in [2.45, 2.75) is 12.5 Å². The summed E-state index contributed by atoms with van der Waals surface area (Å²) in [5.41, 5.74) is 0.557. The third-order valence-corrected chi connectivity index (χ3v) is 1.91. The van der Waals surface area contributed by atoms with Gasteiger partial charge in [-0.25, -0.2) is 0 Å². The maximum Gasteiger partial charge on any atom is 0.325 e. The van der Waals surface area contributed by atoms with E-state index in [2.05, 4.69) is 10.1 Å². The Morgan fingerprint density at radius 3 is 2.47 bits per heavy atom. The van der Waals surface area contributed by atoms with Gasteiger partial charge in [0.1, 0.15) is 6.04 Å². The van der Waals surface area contributed by atoms with E-state index < -0.39 is 18.4 Å². The van der Waals surface area contributed by atoms with Gasteiger partial charge in [0.15, 0.2) is 0 Å². The van der Waals surface area contributed by atoms with Gasteiger partial charge in [0.2, 0.25) is 6.41 Å². The van der Waals surface area contributed by atoms with Gasteiger partial charge in [0.05, 0.1) is 0 Å². The molecule has 0 aromatic heterocycles. The van der Waals surface area contributed by atoms with Crippen molar-refractivity contribution in [3.05, 3.63) is 35.9 Å². The SMILES string of the molecule is COC(O)N[C@@H](C(=O)O)c1ccccc1. The van der Waals surface area contributed by atoms with Gasteiger partial charge in [0, 0.05) is 7.11 Å². The summed E-state index contributed by atoms with van der Waals surface area (Å²) in [4.78, 5) is 10.9. The molecule has 0 fully saturated rings. The molecule has 1 aromatic carbocycles. The molecule has 1 unspecified atom stereocenters. The molecule has 1 rings (SSSR count). The van der Waals surface area contributed by atoms with Crippen LogP contribution < -0.4 is 5.32 Å². The number of ether oxygens (including phenoxy) is 1. The minimum atomic E-state index is -1.30. The lowest BCUT2D eigenvalue weighted by Crippen LogP contribution is -2.38. The van der Waals surface area contributed by atoms with Crippen LogP contribution in [0.15, 0.2) is 30.3 Å². The molecule has 0 aliphatic heterocycles. The number of rotatable bonds is 5. The first-order valence-corrected chi connectivity index (χ1v) is 4.40. The third-order valence-electron chi connectivity index (χ3n) is 1.91. The van der Waals surface area contributed by atoms with E-state index in [4.69, 9.17) is 10.2 Å². The van der Waals surface area contributed by atoms with E-state index in [1.54, 1.807) is 30.3 Å². The van der Waals surface area contributed by atoms with Crippen molar-refractivity contribution in [1.29, 1.82) is 0 Å². The second-order valence-corrected chi connectivity index (χ2v) is 2.94. The number of carbonyl (C=O) groups is 1. The Morgan fingerprint density at radius 1 is 1.40 bits per heavy atom. The zero-order chi connectivity index (χ0) is 11.3. The number of benzene rings is 1. The number of carboxylic acid groups (broad SMARTS) is 1. The molecule has 82 valence electrons. The quantitative estimate of drug-likeness (QED) is 0.611. The van der Waals surface area contributed by atoms with Crippen LogP contribution >= 0.6 is 0 Å². The van der Waals surface area contributed by atoms with Gasteiger partial charge in [-0.2, -0.15) is 0 Å². The lowest BCUT2D eigenvalue weighted by atomic mass is 10.1. The molecule has 0 bridgehead atoms. The molecule has 0 spiro atoms. The Balaban J connectivity index is 2.80. The second kappa shape index (κ2) is 5.45. The van der Waals surface area contributed by atoms with Crippen molar-refractivity contribution < 1.29 is 19.7 Å². The van der Waals surface area contributed by atoms with Gasteiger partial charge in [0.25, 0.3) is 0 Å². The van der Waals surface area contributed by atoms with Crippen LogP contribution in [-0.2, 0) is 9.53 Å². The van der Waals surface area contributed by atoms with Crippen LogP contribution in [0, 0.1) is 0 Å². The Morgan fingerprint density at radius 2 is 2.00 bits per heavy atom. The molecule has 0 aliphatic rings. The maximum absolute atomic E-state index is 10.9. The van der Waals surface area contributed by atoms with E-state index in [0.29, 0.717) is 5.56 Å². The molecular weight excluding hydrogens is 198 g/mol. The predicted octanol–water partition coefficient (Wildman–Crippen LogP) is 0.324. The highest BCUT2D eigenvalue weighted by Crippen LogP contribution is 2.12. The fourth-order valence-corrected chi connectivity index (χ4v) is 1.17. The van der Waals surface area contributed by atoms with E-state index in [0.717, 1.165) is 0 Å². The Hall–Kier alpha value is -1.43. The normalized spacial score (nSPS) is 14.5. The number of carboxylic acids is 1. The number of aliphatic carboxylic acids is 1. The van der Waals surface area contributed by atoms with Crippen LogP contribution in [0.4, 0.5) is 0 Å². The number of methoxy groups -OCH3 is 1. The third kappa shape index (κ3) is 3.32. The molecule has 15 heavy (non-hydrogen) atoms. The van der Waals surface area contributed by atoms with Crippen LogP contribution in [0.3, 0.4) is 0 Å². The summed E-state index contributed by atoms with van der Waals surface area (Å²) in [6, 6.07) is 7.58. The molecule has 5 heteroatoms. The second-order valence-electron chi connectivity index (χ2n) is 2.94. The number of aliphatic hydroxyl groups excluding tert-OH is 1. The standard InChI is InChI=1S/C10H13NO4/c1-15-10(14)11-8(9(12)13)7-5-3-2-4-6-7/h2-6,8,10-11,14H,1H3,(H,12,13)/t8-,10?/m1/s1. The molecule has 0 amide bonds. The summed E-state index contributed by atoms with van der Waals surface area (Å²) in [6.45, 7) is 0. The lowest BCUT2D eigenvalue weighted by molar-refractivity contribution is -0.147. The highest BCUT2D eigenvalue weighted by Gasteiger charge is 2.21. The number of hydrogen-bond donors (Lipinski definition) is 3. The monoisotopic (exact) mass is 211 g/mol. The van der Waals surface area contributed by atoms with Gasteiger partial charge >= 0.3 is 5.97 Å². The summed E-state index contributed by atoms with van der Waals surface area (Å²) < 4.78 is 4.53. The van der Waals surface area contributed by atoms with Crippen molar-refractivity contribution in [2.75, 3.05) is 7.11 Å². The Labute approximate surface area is 87.3 Å². The summed E-state index contributed by atoms with van der Waals surface area (Å²) in [5, 5.41) is 20.5. The van der Waals surface area contributed by atoms with Crippen LogP contribution in [0.2, 0.25) is 0 Å². The lowest BCUT2D eigenvalue weighted by Gasteiger charge is -2.18. The van der Waals surface area contributed by atoms with E-state index in [1.807, 2.05) is 0 Å². The molecule has 0 aliphatic carbocycles. The molecular formula is C10H13NO4. The number of hydrogen-bond acceptors (Lipinski definition) is 4. The van der Waals surface area contributed by atoms with E-state index in [1.165, 1.54) is 7.11 Å². The topological polar surface area (TPSA) is 78.8 Å². The zero-order valence-corrected chi connectivity index (χ0v) is 8.25. The fraction of sp³-hybridized carbons (Fsp3) is 0.300. The minimum Gasteiger partial charge on any atom is -0.480 e. The smallest absolute Gasteiger partial charge is 0.325 e. The van der Waals surface area contributed by atoms with Crippen molar-refractivity contribution in [1.82, 2.24) is 5.32 Å². The Bertz CT molecular complexity index is 314. The summed E-state index contributed by atoms with van der Waals surface area (Å²) in [7, 11) is 1.28. The highest BCUT2D eigenvalue weighted by atomic mass is 16.6. The van der Waals surface area contributed by atoms with Crippen LogP contribution in [0.25, 0.3) is 0 Å². The molecule has 0 radical (unpaired) electrons. The van der Waals surface area contributed by atoms with Crippen molar-refractivity contribution >= 4 is 5.97 Å². The van der Waals surface area contributed by atoms with Crippen LogP contribution in [-0.4, -0.2) is 29.7 Å². The summed E-state index contributed by atoms with van der Waals surface area (Å²) in [6.07, 6.45) is -1.30. The molecule has 1 aromatic rings. The first-order valence-electron chi connectivity index (χ1n) is 4.40. The van der Waals surface area contributed by atoms with Crippen molar-refractivity contribution in [2.24, 2.45) is 0 Å². The number of nitrogens with one attached hydrogen (secondary N) is 1. The first kappa shape index (κ1) is 11.6. The van der Waals surface area contributed by atoms with Crippen LogP contribution in [0.5, 0.6) is 0 Å².